The predicted molar refractivity (Wildman–Crippen MR) is 83.1 cm³/mol. The summed E-state index contributed by atoms with van der Waals surface area (Å²) in [6, 6.07) is -1.54. The van der Waals surface area contributed by atoms with Gasteiger partial charge in [-0.1, -0.05) is 15.9 Å². The topological polar surface area (TPSA) is 150 Å². The molecule has 6 atom stereocenters. The van der Waals surface area contributed by atoms with Crippen molar-refractivity contribution in [2.45, 2.75) is 62.2 Å². The van der Waals surface area contributed by atoms with E-state index in [0.717, 1.165) is 27.7 Å². The molecule has 0 spiro atoms. The van der Waals surface area contributed by atoms with Crippen molar-refractivity contribution in [3.8, 4) is 0 Å². The Bertz CT molecular complexity index is 563. The van der Waals surface area contributed by atoms with E-state index in [4.69, 9.17) is 4.74 Å². The van der Waals surface area contributed by atoms with Crippen molar-refractivity contribution < 1.29 is 39.2 Å². The molecule has 1 rings (SSSR count). The Hall–Kier alpha value is -1.20. The van der Waals surface area contributed by atoms with E-state index in [2.05, 4.69) is 21.2 Å². The lowest BCUT2D eigenvalue weighted by atomic mass is 9.66. The van der Waals surface area contributed by atoms with E-state index in [1.807, 2.05) is 0 Å². The molecule has 0 radical (unpaired) electrons. The van der Waals surface area contributed by atoms with Crippen molar-refractivity contribution >= 4 is 39.2 Å². The van der Waals surface area contributed by atoms with Gasteiger partial charge in [-0.25, -0.2) is 0 Å². The highest BCUT2D eigenvalue weighted by molar-refractivity contribution is 9.09. The molecule has 0 aromatic heterocycles. The normalized spacial score (nSPS) is 37.4. The average molecular weight is 410 g/mol. The number of rotatable bonds is 5. The van der Waals surface area contributed by atoms with Crippen LogP contribution in [0, 0.1) is 0 Å². The van der Waals surface area contributed by atoms with Crippen LogP contribution in [0.5, 0.6) is 0 Å². The molecule has 1 heterocycles. The Morgan fingerprint density at radius 3 is 1.83 bits per heavy atom. The maximum Gasteiger partial charge on any atom is 0.217 e. The number of aliphatic hydroxyl groups is 3. The second kappa shape index (κ2) is 6.96. The fraction of sp³-hybridized carbons (Fsp3) is 0.714. The zero-order valence-corrected chi connectivity index (χ0v) is 15.2. The summed E-state index contributed by atoms with van der Waals surface area (Å²) >= 11 is 2.99. The molecule has 0 aromatic rings. The third-order valence-electron chi connectivity index (χ3n) is 4.12. The summed E-state index contributed by atoms with van der Waals surface area (Å²) in [5.74, 6) is -3.67. The molecule has 136 valence electrons. The maximum absolute atomic E-state index is 12.2. The van der Waals surface area contributed by atoms with Crippen molar-refractivity contribution in [3.05, 3.63) is 0 Å². The van der Waals surface area contributed by atoms with Crippen LogP contribution in [0.3, 0.4) is 0 Å². The minimum atomic E-state index is -2.96. The quantitative estimate of drug-likeness (QED) is 0.388. The van der Waals surface area contributed by atoms with Crippen LogP contribution in [0.25, 0.3) is 0 Å². The highest BCUT2D eigenvalue weighted by Gasteiger charge is 2.71. The number of ketones is 3. The SMILES string of the molecule is CC(=O)N[C@@H]1[C@@H](Br)O[C@H](C(O)C(C)=O)[C@](O)(C(C)=O)[C@@]1(O)C(C)=O. The van der Waals surface area contributed by atoms with Crippen molar-refractivity contribution in [3.63, 3.8) is 0 Å². The molecule has 1 saturated heterocycles. The van der Waals surface area contributed by atoms with E-state index in [1.54, 1.807) is 0 Å². The molecule has 1 aliphatic heterocycles. The molecule has 1 amide bonds. The van der Waals surface area contributed by atoms with Crippen molar-refractivity contribution in [1.82, 2.24) is 5.32 Å². The van der Waals surface area contributed by atoms with Crippen LogP contribution >= 0.6 is 15.9 Å². The minimum Gasteiger partial charge on any atom is -0.382 e. The molecule has 0 saturated carbocycles. The van der Waals surface area contributed by atoms with Gasteiger partial charge in [0.25, 0.3) is 0 Å². The minimum absolute atomic E-state index is 0.663. The Balaban J connectivity index is 3.64. The first kappa shape index (κ1) is 20.8. The van der Waals surface area contributed by atoms with E-state index >= 15 is 0 Å². The van der Waals surface area contributed by atoms with Gasteiger partial charge in [-0.2, -0.15) is 0 Å². The van der Waals surface area contributed by atoms with Crippen molar-refractivity contribution in [2.24, 2.45) is 0 Å². The van der Waals surface area contributed by atoms with Gasteiger partial charge < -0.3 is 25.4 Å². The lowest BCUT2D eigenvalue weighted by Crippen LogP contribution is -2.82. The van der Waals surface area contributed by atoms with Crippen LogP contribution in [-0.4, -0.2) is 73.0 Å². The fourth-order valence-corrected chi connectivity index (χ4v) is 3.57. The first-order valence-corrected chi connectivity index (χ1v) is 7.95. The Labute approximate surface area is 146 Å². The van der Waals surface area contributed by atoms with E-state index in [-0.39, 0.29) is 0 Å². The molecule has 0 aliphatic carbocycles. The van der Waals surface area contributed by atoms with E-state index in [9.17, 15) is 34.5 Å². The van der Waals surface area contributed by atoms with E-state index in [0.29, 0.717) is 0 Å². The molecular formula is C14H20BrNO8. The van der Waals surface area contributed by atoms with Gasteiger partial charge in [0.15, 0.2) is 28.6 Å². The van der Waals surface area contributed by atoms with Gasteiger partial charge in [0, 0.05) is 6.92 Å². The zero-order chi connectivity index (χ0) is 19.0. The first-order chi connectivity index (χ1) is 10.8. The van der Waals surface area contributed by atoms with Crippen molar-refractivity contribution in [1.29, 1.82) is 0 Å². The van der Waals surface area contributed by atoms with Crippen molar-refractivity contribution in [2.75, 3.05) is 0 Å². The largest absolute Gasteiger partial charge is 0.382 e. The van der Waals surface area contributed by atoms with E-state index < -0.39 is 57.7 Å². The molecule has 1 fully saturated rings. The number of aliphatic hydroxyl groups excluding tert-OH is 1. The highest BCUT2D eigenvalue weighted by Crippen LogP contribution is 2.42. The van der Waals surface area contributed by atoms with Gasteiger partial charge in [0.2, 0.25) is 5.91 Å². The number of alkyl halides is 1. The molecule has 9 nitrogen and oxygen atoms in total. The second-order valence-corrected chi connectivity index (χ2v) is 6.69. The van der Waals surface area contributed by atoms with Gasteiger partial charge in [0.1, 0.15) is 23.3 Å². The Morgan fingerprint density at radius 1 is 1.04 bits per heavy atom. The molecule has 0 bridgehead atoms. The van der Waals surface area contributed by atoms with Gasteiger partial charge in [-0.05, 0) is 20.8 Å². The third-order valence-corrected chi connectivity index (χ3v) is 4.86. The summed E-state index contributed by atoms with van der Waals surface area (Å²) in [6.45, 7) is 3.87. The van der Waals surface area contributed by atoms with E-state index in [1.165, 1.54) is 0 Å². The number of ether oxygens (including phenoxy) is 1. The van der Waals surface area contributed by atoms with Crippen LogP contribution < -0.4 is 5.32 Å². The lowest BCUT2D eigenvalue weighted by Gasteiger charge is -2.54. The summed E-state index contributed by atoms with van der Waals surface area (Å²) in [5.41, 5.74) is -5.79. The molecule has 24 heavy (non-hydrogen) atoms. The van der Waals surface area contributed by atoms with Crippen LogP contribution in [0.15, 0.2) is 0 Å². The summed E-state index contributed by atoms with van der Waals surface area (Å²) < 4.78 is 5.29. The molecule has 10 heteroatoms. The van der Waals surface area contributed by atoms with Crippen LogP contribution in [0.2, 0.25) is 0 Å². The summed E-state index contributed by atoms with van der Waals surface area (Å²) in [7, 11) is 0. The van der Waals surface area contributed by atoms with Gasteiger partial charge in [-0.15, -0.1) is 0 Å². The molecule has 0 aromatic carbocycles. The summed E-state index contributed by atoms with van der Waals surface area (Å²) in [4.78, 5) is 47.2. The number of amides is 1. The van der Waals surface area contributed by atoms with Gasteiger partial charge in [-0.3, -0.25) is 19.2 Å². The Kier molecular flexibility index (Phi) is 6.05. The lowest BCUT2D eigenvalue weighted by molar-refractivity contribution is -0.264. The smallest absolute Gasteiger partial charge is 0.217 e. The van der Waals surface area contributed by atoms with Gasteiger partial charge >= 0.3 is 0 Å². The highest BCUT2D eigenvalue weighted by atomic mass is 79.9. The summed E-state index contributed by atoms with van der Waals surface area (Å²) in [6.07, 6.45) is -3.90. The number of halogens is 1. The number of carbonyl (C=O) groups is 4. The molecule has 1 aliphatic rings. The number of carbonyl (C=O) groups excluding carboxylic acids is 4. The number of hydrogen-bond donors (Lipinski definition) is 4. The number of Topliss-reactive ketones (excluding diaryl/α,β-unsaturated/α-hetero) is 3. The zero-order valence-electron chi connectivity index (χ0n) is 13.6. The maximum atomic E-state index is 12.2. The van der Waals surface area contributed by atoms with Gasteiger partial charge in [0.05, 0.1) is 0 Å². The monoisotopic (exact) mass is 409 g/mol. The van der Waals surface area contributed by atoms with Crippen LogP contribution in [0.4, 0.5) is 0 Å². The van der Waals surface area contributed by atoms with Crippen LogP contribution in [-0.2, 0) is 23.9 Å². The molecule has 4 N–H and O–H groups in total. The Morgan fingerprint density at radius 2 is 1.50 bits per heavy atom. The second-order valence-electron chi connectivity index (χ2n) is 5.79. The fourth-order valence-electron chi connectivity index (χ4n) is 2.82. The third kappa shape index (κ3) is 3.04. The number of nitrogens with one attached hydrogen (secondary N) is 1. The van der Waals surface area contributed by atoms with Crippen LogP contribution in [0.1, 0.15) is 27.7 Å². The summed E-state index contributed by atoms with van der Waals surface area (Å²) in [5, 5.41) is 32.8. The molecule has 1 unspecified atom stereocenters. The number of hydrogen-bond acceptors (Lipinski definition) is 8. The average Bonchev–Trinajstić information content (AvgIpc) is 2.45. The molecular weight excluding hydrogens is 390 g/mol. The predicted octanol–water partition coefficient (Wildman–Crippen LogP) is -1.80. The standard InChI is InChI=1S/C14H20BrNO8/c1-5(17)9(21)11-14(23,7(3)19)13(22,6(2)18)10(12(15)24-11)16-8(4)20/h9-12,21-23H,1-4H3,(H,16,20)/t9?,10-,11-,12+,13-,14-/m1/s1. The first-order valence-electron chi connectivity index (χ1n) is 7.03.